The number of hydrogen-bond acceptors (Lipinski definition) is 4. The van der Waals surface area contributed by atoms with E-state index in [1.165, 1.54) is 0 Å². The summed E-state index contributed by atoms with van der Waals surface area (Å²) in [4.78, 5) is 8.25. The van der Waals surface area contributed by atoms with Crippen LogP contribution in [-0.2, 0) is 0 Å². The number of halogens is 2. The Morgan fingerprint density at radius 3 is 2.83 bits per heavy atom. The lowest BCUT2D eigenvalue weighted by Crippen LogP contribution is -1.98. The lowest BCUT2D eigenvalue weighted by molar-refractivity contribution is 0.459. The van der Waals surface area contributed by atoms with Gasteiger partial charge < -0.3 is 10.1 Å². The molecule has 0 radical (unpaired) electrons. The van der Waals surface area contributed by atoms with Gasteiger partial charge in [-0.3, -0.25) is 0 Å². The Balaban J connectivity index is 2.33. The van der Waals surface area contributed by atoms with Gasteiger partial charge in [0.15, 0.2) is 0 Å². The van der Waals surface area contributed by atoms with E-state index in [1.54, 1.807) is 13.2 Å². The molecule has 0 saturated heterocycles. The van der Waals surface area contributed by atoms with E-state index >= 15 is 0 Å². The van der Waals surface area contributed by atoms with Crippen molar-refractivity contribution < 1.29 is 4.74 Å². The average molecular weight is 329 g/mol. The SMILES string of the molecule is CNc1ncc(Br)c(Oc2ccc(C)cc2Cl)n1. The second-order valence-electron chi connectivity index (χ2n) is 3.63. The minimum Gasteiger partial charge on any atom is -0.436 e. The number of nitrogens with zero attached hydrogens (tertiary/aromatic N) is 2. The van der Waals surface area contributed by atoms with Gasteiger partial charge in [0.05, 0.1) is 15.7 Å². The van der Waals surface area contributed by atoms with Crippen molar-refractivity contribution in [2.24, 2.45) is 0 Å². The number of nitrogens with one attached hydrogen (secondary N) is 1. The number of hydrogen-bond donors (Lipinski definition) is 1. The van der Waals surface area contributed by atoms with Gasteiger partial charge in [0.1, 0.15) is 5.75 Å². The van der Waals surface area contributed by atoms with E-state index in [9.17, 15) is 0 Å². The highest BCUT2D eigenvalue weighted by Gasteiger charge is 2.09. The Hall–Kier alpha value is -1.33. The van der Waals surface area contributed by atoms with Crippen LogP contribution in [0.1, 0.15) is 5.56 Å². The van der Waals surface area contributed by atoms with Crippen LogP contribution in [0.3, 0.4) is 0 Å². The lowest BCUT2D eigenvalue weighted by atomic mass is 10.2. The summed E-state index contributed by atoms with van der Waals surface area (Å²) in [5.41, 5.74) is 1.07. The summed E-state index contributed by atoms with van der Waals surface area (Å²) in [7, 11) is 1.74. The molecular weight excluding hydrogens is 318 g/mol. The smallest absolute Gasteiger partial charge is 0.238 e. The van der Waals surface area contributed by atoms with Crippen LogP contribution in [-0.4, -0.2) is 17.0 Å². The zero-order chi connectivity index (χ0) is 13.1. The van der Waals surface area contributed by atoms with E-state index in [2.05, 4.69) is 31.2 Å². The number of aromatic nitrogens is 2. The van der Waals surface area contributed by atoms with Crippen molar-refractivity contribution >= 4 is 33.5 Å². The van der Waals surface area contributed by atoms with E-state index in [-0.39, 0.29) is 0 Å². The molecule has 0 atom stereocenters. The van der Waals surface area contributed by atoms with Gasteiger partial charge >= 0.3 is 0 Å². The highest BCUT2D eigenvalue weighted by molar-refractivity contribution is 9.10. The van der Waals surface area contributed by atoms with Gasteiger partial charge in [0, 0.05) is 7.05 Å². The fourth-order valence-corrected chi connectivity index (χ4v) is 1.88. The Bertz CT molecular complexity index is 577. The van der Waals surface area contributed by atoms with Gasteiger partial charge in [0.25, 0.3) is 0 Å². The minimum atomic E-state index is 0.417. The second-order valence-corrected chi connectivity index (χ2v) is 4.89. The first-order valence-corrected chi connectivity index (χ1v) is 6.41. The number of aryl methyl sites for hydroxylation is 1. The zero-order valence-electron chi connectivity index (χ0n) is 9.87. The maximum Gasteiger partial charge on any atom is 0.238 e. The molecule has 18 heavy (non-hydrogen) atoms. The highest BCUT2D eigenvalue weighted by atomic mass is 79.9. The molecule has 0 aliphatic heterocycles. The third-order valence-electron chi connectivity index (χ3n) is 2.23. The molecule has 0 spiro atoms. The molecule has 94 valence electrons. The molecule has 0 bridgehead atoms. The topological polar surface area (TPSA) is 47.0 Å². The van der Waals surface area contributed by atoms with Crippen LogP contribution in [0.4, 0.5) is 5.95 Å². The first-order valence-electron chi connectivity index (χ1n) is 5.24. The second kappa shape index (κ2) is 5.54. The zero-order valence-corrected chi connectivity index (χ0v) is 12.2. The lowest BCUT2D eigenvalue weighted by Gasteiger charge is -2.09. The molecule has 4 nitrogen and oxygen atoms in total. The Labute approximate surface area is 118 Å². The first-order chi connectivity index (χ1) is 8.60. The van der Waals surface area contributed by atoms with Gasteiger partial charge in [-0.05, 0) is 40.5 Å². The maximum atomic E-state index is 6.11. The van der Waals surface area contributed by atoms with Gasteiger partial charge in [-0.1, -0.05) is 17.7 Å². The Kier molecular flexibility index (Phi) is 4.04. The molecule has 2 aromatic rings. The molecule has 1 N–H and O–H groups in total. The number of rotatable bonds is 3. The number of anilines is 1. The predicted molar refractivity (Wildman–Crippen MR) is 75.5 cm³/mol. The molecule has 0 aliphatic rings. The third kappa shape index (κ3) is 2.91. The van der Waals surface area contributed by atoms with Crippen LogP contribution in [0.2, 0.25) is 5.02 Å². The van der Waals surface area contributed by atoms with Crippen molar-refractivity contribution in [2.45, 2.75) is 6.92 Å². The van der Waals surface area contributed by atoms with Gasteiger partial charge in [0.2, 0.25) is 11.8 Å². The minimum absolute atomic E-state index is 0.417. The van der Waals surface area contributed by atoms with Crippen LogP contribution in [0.5, 0.6) is 11.6 Å². The van der Waals surface area contributed by atoms with E-state index < -0.39 is 0 Å². The Morgan fingerprint density at radius 1 is 1.39 bits per heavy atom. The molecule has 1 aromatic carbocycles. The summed E-state index contributed by atoms with van der Waals surface area (Å²) in [6.45, 7) is 1.97. The maximum absolute atomic E-state index is 6.11. The third-order valence-corrected chi connectivity index (χ3v) is 3.07. The molecule has 0 unspecified atom stereocenters. The molecule has 0 saturated carbocycles. The fraction of sp³-hybridized carbons (Fsp3) is 0.167. The summed E-state index contributed by atoms with van der Waals surface area (Å²) in [6.07, 6.45) is 1.62. The Morgan fingerprint density at radius 2 is 2.17 bits per heavy atom. The largest absolute Gasteiger partial charge is 0.436 e. The standard InChI is InChI=1S/C12H11BrClN3O/c1-7-3-4-10(9(14)5-7)18-11-8(13)6-16-12(15-2)17-11/h3-6H,1-2H3,(H,15,16,17). The molecule has 0 fully saturated rings. The van der Waals surface area contributed by atoms with Crippen LogP contribution >= 0.6 is 27.5 Å². The van der Waals surface area contributed by atoms with Crippen molar-refractivity contribution in [3.63, 3.8) is 0 Å². The molecule has 2 rings (SSSR count). The average Bonchev–Trinajstić information content (AvgIpc) is 2.35. The van der Waals surface area contributed by atoms with Crippen molar-refractivity contribution in [3.8, 4) is 11.6 Å². The summed E-state index contributed by atoms with van der Waals surface area (Å²) in [5, 5.41) is 3.40. The number of benzene rings is 1. The van der Waals surface area contributed by atoms with Gasteiger partial charge in [-0.25, -0.2) is 4.98 Å². The molecule has 6 heteroatoms. The van der Waals surface area contributed by atoms with E-state index in [1.807, 2.05) is 25.1 Å². The quantitative estimate of drug-likeness (QED) is 0.924. The summed E-state index contributed by atoms with van der Waals surface area (Å²) in [6, 6.07) is 5.57. The van der Waals surface area contributed by atoms with Crippen LogP contribution in [0.25, 0.3) is 0 Å². The summed E-state index contributed by atoms with van der Waals surface area (Å²) in [5.74, 6) is 1.46. The molecule has 0 aliphatic carbocycles. The normalized spacial score (nSPS) is 10.2. The first kappa shape index (κ1) is 13.1. The van der Waals surface area contributed by atoms with Crippen molar-refractivity contribution in [2.75, 3.05) is 12.4 Å². The van der Waals surface area contributed by atoms with Crippen molar-refractivity contribution in [1.82, 2.24) is 9.97 Å². The van der Waals surface area contributed by atoms with Crippen molar-refractivity contribution in [1.29, 1.82) is 0 Å². The predicted octanol–water partition coefficient (Wildman–Crippen LogP) is 4.03. The van der Waals surface area contributed by atoms with Gasteiger partial charge in [-0.2, -0.15) is 4.98 Å². The van der Waals surface area contributed by atoms with E-state index in [0.29, 0.717) is 27.1 Å². The fourth-order valence-electron chi connectivity index (χ4n) is 1.34. The molecular formula is C12H11BrClN3O. The van der Waals surface area contributed by atoms with Gasteiger partial charge in [-0.15, -0.1) is 0 Å². The van der Waals surface area contributed by atoms with Crippen LogP contribution < -0.4 is 10.1 Å². The molecule has 0 amide bonds. The summed E-state index contributed by atoms with van der Waals surface area (Å²) < 4.78 is 6.33. The van der Waals surface area contributed by atoms with E-state index in [4.69, 9.17) is 16.3 Å². The highest BCUT2D eigenvalue weighted by Crippen LogP contribution is 2.32. The van der Waals surface area contributed by atoms with E-state index in [0.717, 1.165) is 5.56 Å². The summed E-state index contributed by atoms with van der Waals surface area (Å²) >= 11 is 9.44. The number of ether oxygens (including phenoxy) is 1. The monoisotopic (exact) mass is 327 g/mol. The van der Waals surface area contributed by atoms with Crippen LogP contribution in [0, 0.1) is 6.92 Å². The molecule has 1 aromatic heterocycles. The molecule has 1 heterocycles. The van der Waals surface area contributed by atoms with Crippen LogP contribution in [0.15, 0.2) is 28.9 Å². The van der Waals surface area contributed by atoms with Crippen molar-refractivity contribution in [3.05, 3.63) is 39.5 Å².